The molecule has 0 amide bonds. The van der Waals surface area contributed by atoms with Gasteiger partial charge in [-0.1, -0.05) is 0 Å². The zero-order valence-corrected chi connectivity index (χ0v) is 13.2. The third-order valence-electron chi connectivity index (χ3n) is 4.99. The minimum absolute atomic E-state index is 0.518. The van der Waals surface area contributed by atoms with E-state index in [4.69, 9.17) is 0 Å². The van der Waals surface area contributed by atoms with Gasteiger partial charge in [0, 0.05) is 0 Å². The van der Waals surface area contributed by atoms with Gasteiger partial charge in [0.2, 0.25) is 0 Å². The molecule has 0 aliphatic heterocycles. The Morgan fingerprint density at radius 1 is 1.19 bits per heavy atom. The summed E-state index contributed by atoms with van der Waals surface area (Å²) in [5.74, 6) is 0. The second kappa shape index (κ2) is 4.14. The van der Waals surface area contributed by atoms with Crippen LogP contribution in [-0.2, 0) is 16.6 Å². The molecule has 0 aromatic heterocycles. The van der Waals surface area contributed by atoms with Crippen LogP contribution in [-0.4, -0.2) is 0 Å². The summed E-state index contributed by atoms with van der Waals surface area (Å²) < 4.78 is 0.518. The number of rotatable bonds is 2. The van der Waals surface area contributed by atoms with E-state index in [0.717, 1.165) is 0 Å². The van der Waals surface area contributed by atoms with Crippen molar-refractivity contribution in [1.82, 2.24) is 0 Å². The van der Waals surface area contributed by atoms with E-state index in [2.05, 4.69) is 35.6 Å². The van der Waals surface area contributed by atoms with E-state index in [1.165, 1.54) is 32.1 Å². The molecule has 1 heteroatoms. The molecule has 0 aromatic rings. The predicted octanol–water partition coefficient (Wildman–Crippen LogP) is 5.68. The van der Waals surface area contributed by atoms with Crippen molar-refractivity contribution in [1.29, 1.82) is 0 Å². The van der Waals surface area contributed by atoms with Crippen molar-refractivity contribution < 1.29 is 16.6 Å². The van der Waals surface area contributed by atoms with Crippen LogP contribution in [0.3, 0.4) is 0 Å². The van der Waals surface area contributed by atoms with E-state index in [1.807, 2.05) is 5.57 Å². The van der Waals surface area contributed by atoms with Crippen molar-refractivity contribution in [2.75, 3.05) is 0 Å². The summed E-state index contributed by atoms with van der Waals surface area (Å²) in [5, 5.41) is 7.77. The van der Waals surface area contributed by atoms with Gasteiger partial charge in [-0.25, -0.2) is 0 Å². The summed E-state index contributed by atoms with van der Waals surface area (Å²) in [4.78, 5) is 0. The van der Waals surface area contributed by atoms with Gasteiger partial charge in [0.1, 0.15) is 0 Å². The zero-order chi connectivity index (χ0) is 12.0. The van der Waals surface area contributed by atoms with Crippen LogP contribution < -0.4 is 0 Å². The molecule has 0 spiro atoms. The van der Waals surface area contributed by atoms with Crippen LogP contribution in [0.25, 0.3) is 0 Å². The molecule has 0 nitrogen and oxygen atoms in total. The third kappa shape index (κ3) is 1.69. The van der Waals surface area contributed by atoms with Gasteiger partial charge in [-0.3, -0.25) is 0 Å². The van der Waals surface area contributed by atoms with E-state index >= 15 is 0 Å². The maximum atomic E-state index is 2.59. The molecule has 2 aliphatic rings. The minimum atomic E-state index is -1.70. The second-order valence-electron chi connectivity index (χ2n) is 6.61. The summed E-state index contributed by atoms with van der Waals surface area (Å²) in [6, 6.07) is 0. The Labute approximate surface area is 105 Å². The van der Waals surface area contributed by atoms with E-state index < -0.39 is 16.6 Å². The summed E-state index contributed by atoms with van der Waals surface area (Å²) in [7, 11) is 0. The van der Waals surface area contributed by atoms with Crippen molar-refractivity contribution in [3.05, 3.63) is 22.8 Å². The molecule has 0 fully saturated rings. The molecular formula is C15H26Ti. The second-order valence-corrected chi connectivity index (χ2v) is 15.2. The summed E-state index contributed by atoms with van der Waals surface area (Å²) in [6.45, 7) is 4.91. The zero-order valence-electron chi connectivity index (χ0n) is 11.6. The fourth-order valence-electron chi connectivity index (χ4n) is 3.60. The molecule has 16 heavy (non-hydrogen) atoms. The topological polar surface area (TPSA) is 0 Å². The monoisotopic (exact) mass is 254 g/mol. The van der Waals surface area contributed by atoms with Crippen LogP contribution in [0.2, 0.25) is 19.4 Å². The molecule has 0 bridgehead atoms. The molecule has 2 aliphatic carbocycles. The van der Waals surface area contributed by atoms with Gasteiger partial charge in [-0.2, -0.15) is 0 Å². The van der Waals surface area contributed by atoms with Gasteiger partial charge in [0.15, 0.2) is 0 Å². The number of hydrogen-bond donors (Lipinski definition) is 0. The summed E-state index contributed by atoms with van der Waals surface area (Å²) >= 11 is -1.70. The van der Waals surface area contributed by atoms with Crippen LogP contribution in [0.5, 0.6) is 0 Å². The average Bonchev–Trinajstić information content (AvgIpc) is 2.53. The Morgan fingerprint density at radius 2 is 1.81 bits per heavy atom. The molecule has 0 radical (unpaired) electrons. The molecule has 90 valence electrons. The normalized spacial score (nSPS) is 30.4. The van der Waals surface area contributed by atoms with Gasteiger partial charge >= 0.3 is 105 Å². The Morgan fingerprint density at radius 3 is 2.38 bits per heavy atom. The summed E-state index contributed by atoms with van der Waals surface area (Å²) in [6.07, 6.45) is 9.41. The molecule has 0 saturated carbocycles. The van der Waals surface area contributed by atoms with Crippen LogP contribution in [0.1, 0.15) is 46.0 Å². The number of hydrogen-bond acceptors (Lipinski definition) is 0. The quantitative estimate of drug-likeness (QED) is 0.556. The molecule has 0 heterocycles. The first-order chi connectivity index (χ1) is 7.41. The molecule has 0 aromatic carbocycles. The van der Waals surface area contributed by atoms with E-state index in [1.54, 1.807) is 11.1 Å². The molecule has 2 rings (SSSR count). The Kier molecular flexibility index (Phi) is 3.27. The first-order valence-corrected chi connectivity index (χ1v) is 12.3. The SMILES string of the molecule is CCC1=CC2=C(CCCC2)[C]1(C)[Ti]([CH3])([CH3])[CH3]. The Hall–Kier alpha value is 0.194. The fourth-order valence-corrected chi connectivity index (χ4v) is 7.35. The van der Waals surface area contributed by atoms with Crippen LogP contribution in [0.4, 0.5) is 0 Å². The van der Waals surface area contributed by atoms with Crippen molar-refractivity contribution in [2.45, 2.75) is 65.4 Å². The van der Waals surface area contributed by atoms with Crippen molar-refractivity contribution >= 4 is 0 Å². The number of allylic oxidation sites excluding steroid dienone is 4. The standard InChI is InChI=1S/C12H17.3CH3.Ti/c1-3-10-8-11-6-4-5-7-12(11)9(10)2;;;;/h8H,3-7H2,1-2H3;3*1H3;. The first-order valence-electron chi connectivity index (χ1n) is 6.85. The van der Waals surface area contributed by atoms with Gasteiger partial charge in [-0.05, 0) is 0 Å². The van der Waals surface area contributed by atoms with Crippen molar-refractivity contribution in [3.8, 4) is 0 Å². The molecular weight excluding hydrogens is 228 g/mol. The third-order valence-corrected chi connectivity index (χ3v) is 10.6. The van der Waals surface area contributed by atoms with Crippen LogP contribution in [0.15, 0.2) is 22.8 Å². The predicted molar refractivity (Wildman–Crippen MR) is 69.8 cm³/mol. The van der Waals surface area contributed by atoms with E-state index in [9.17, 15) is 0 Å². The molecule has 0 N–H and O–H groups in total. The van der Waals surface area contributed by atoms with Crippen molar-refractivity contribution in [2.24, 2.45) is 0 Å². The van der Waals surface area contributed by atoms with E-state index in [-0.39, 0.29) is 0 Å². The van der Waals surface area contributed by atoms with E-state index in [0.29, 0.717) is 3.72 Å². The Balaban J connectivity index is 2.49. The fraction of sp³-hybridized carbons (Fsp3) is 0.733. The van der Waals surface area contributed by atoms with Gasteiger partial charge in [0.25, 0.3) is 0 Å². The van der Waals surface area contributed by atoms with Gasteiger partial charge in [-0.15, -0.1) is 0 Å². The molecule has 1 unspecified atom stereocenters. The maximum absolute atomic E-state index is 2.59. The molecule has 1 atom stereocenters. The summed E-state index contributed by atoms with van der Waals surface area (Å²) in [5.41, 5.74) is 5.33. The van der Waals surface area contributed by atoms with Gasteiger partial charge < -0.3 is 0 Å². The Bertz CT molecular complexity index is 354. The van der Waals surface area contributed by atoms with Crippen LogP contribution in [0, 0.1) is 0 Å². The van der Waals surface area contributed by atoms with Crippen LogP contribution >= 0.6 is 0 Å². The first kappa shape index (κ1) is 12.6. The van der Waals surface area contributed by atoms with Gasteiger partial charge in [0.05, 0.1) is 0 Å². The average molecular weight is 254 g/mol. The van der Waals surface area contributed by atoms with Crippen molar-refractivity contribution in [3.63, 3.8) is 0 Å². The molecule has 0 saturated heterocycles.